The van der Waals surface area contributed by atoms with Crippen molar-refractivity contribution in [1.82, 2.24) is 20.2 Å². The molecule has 0 aliphatic rings. The van der Waals surface area contributed by atoms with Crippen LogP contribution < -0.4 is 5.73 Å². The Morgan fingerprint density at radius 2 is 2.10 bits per heavy atom. The number of aromatic nitrogens is 4. The van der Waals surface area contributed by atoms with E-state index in [1.54, 1.807) is 4.68 Å². The van der Waals surface area contributed by atoms with Crippen LogP contribution in [0.5, 0.6) is 0 Å². The first kappa shape index (κ1) is 14.4. The highest BCUT2D eigenvalue weighted by atomic mass is 32.2. The van der Waals surface area contributed by atoms with Crippen LogP contribution in [0.4, 0.5) is 5.69 Å². The smallest absolute Gasteiger partial charge is 0.182 e. The normalized spacial score (nSPS) is 11.7. The lowest BCUT2D eigenvalue weighted by atomic mass is 10.1. The molecule has 0 fully saturated rings. The molecule has 8 heteroatoms. The van der Waals surface area contributed by atoms with Crippen LogP contribution >= 0.6 is 0 Å². The number of aryl methyl sites for hydroxylation is 2. The number of anilines is 1. The first-order chi connectivity index (χ1) is 9.37. The van der Waals surface area contributed by atoms with Crippen LogP contribution in [0.25, 0.3) is 11.4 Å². The average Bonchev–Trinajstić information content (AvgIpc) is 2.79. The maximum atomic E-state index is 11.1. The minimum Gasteiger partial charge on any atom is -0.399 e. The Labute approximate surface area is 117 Å². The third-order valence-electron chi connectivity index (χ3n) is 2.92. The van der Waals surface area contributed by atoms with Gasteiger partial charge in [0.2, 0.25) is 0 Å². The Bertz CT molecular complexity index is 708. The number of tetrazole rings is 1. The summed E-state index contributed by atoms with van der Waals surface area (Å²) in [5, 5.41) is 11.6. The summed E-state index contributed by atoms with van der Waals surface area (Å²) >= 11 is 0. The molecule has 0 atom stereocenters. The van der Waals surface area contributed by atoms with E-state index in [1.165, 1.54) is 6.26 Å². The number of hydrogen-bond acceptors (Lipinski definition) is 6. The van der Waals surface area contributed by atoms with Crippen LogP contribution in [0.15, 0.2) is 18.2 Å². The van der Waals surface area contributed by atoms with Gasteiger partial charge in [-0.25, -0.2) is 13.1 Å². The van der Waals surface area contributed by atoms with Gasteiger partial charge in [-0.1, -0.05) is 6.07 Å². The number of benzene rings is 1. The first-order valence-electron chi connectivity index (χ1n) is 6.17. The minimum absolute atomic E-state index is 0.113. The van der Waals surface area contributed by atoms with Gasteiger partial charge in [0.15, 0.2) is 5.82 Å². The van der Waals surface area contributed by atoms with Crippen molar-refractivity contribution in [2.75, 3.05) is 17.7 Å². The van der Waals surface area contributed by atoms with Gasteiger partial charge in [0, 0.05) is 24.1 Å². The second-order valence-electron chi connectivity index (χ2n) is 4.78. The van der Waals surface area contributed by atoms with Crippen molar-refractivity contribution in [3.05, 3.63) is 23.8 Å². The van der Waals surface area contributed by atoms with Gasteiger partial charge in [0.1, 0.15) is 9.84 Å². The lowest BCUT2D eigenvalue weighted by Gasteiger charge is -2.07. The molecule has 2 rings (SSSR count). The van der Waals surface area contributed by atoms with Crippen molar-refractivity contribution in [2.45, 2.75) is 19.9 Å². The summed E-state index contributed by atoms with van der Waals surface area (Å²) in [5.41, 5.74) is 8.29. The van der Waals surface area contributed by atoms with Gasteiger partial charge in [-0.3, -0.25) is 0 Å². The average molecular weight is 295 g/mol. The maximum Gasteiger partial charge on any atom is 0.182 e. The molecule has 0 saturated carbocycles. The first-order valence-corrected chi connectivity index (χ1v) is 8.23. The van der Waals surface area contributed by atoms with E-state index >= 15 is 0 Å². The fourth-order valence-electron chi connectivity index (χ4n) is 1.91. The summed E-state index contributed by atoms with van der Waals surface area (Å²) in [6.07, 6.45) is 1.69. The van der Waals surface area contributed by atoms with Crippen LogP contribution in [0.3, 0.4) is 0 Å². The summed E-state index contributed by atoms with van der Waals surface area (Å²) in [5.74, 6) is 0.714. The molecule has 108 valence electrons. The Balaban J connectivity index is 2.22. The van der Waals surface area contributed by atoms with E-state index < -0.39 is 9.84 Å². The van der Waals surface area contributed by atoms with E-state index in [-0.39, 0.29) is 5.75 Å². The minimum atomic E-state index is -2.97. The van der Waals surface area contributed by atoms with E-state index in [9.17, 15) is 8.42 Å². The van der Waals surface area contributed by atoms with Crippen molar-refractivity contribution in [3.8, 4) is 11.4 Å². The van der Waals surface area contributed by atoms with Crippen molar-refractivity contribution < 1.29 is 8.42 Å². The summed E-state index contributed by atoms with van der Waals surface area (Å²) in [4.78, 5) is 0. The maximum absolute atomic E-state index is 11.1. The van der Waals surface area contributed by atoms with Crippen LogP contribution in [0.1, 0.15) is 12.0 Å². The number of nitrogens with two attached hydrogens (primary N) is 1. The number of nitrogen functional groups attached to an aromatic ring is 1. The summed E-state index contributed by atoms with van der Waals surface area (Å²) in [7, 11) is -2.97. The highest BCUT2D eigenvalue weighted by Gasteiger charge is 2.12. The number of sulfone groups is 1. The molecule has 0 bridgehead atoms. The summed E-state index contributed by atoms with van der Waals surface area (Å²) < 4.78 is 23.9. The molecule has 0 unspecified atom stereocenters. The quantitative estimate of drug-likeness (QED) is 0.813. The molecule has 2 aromatic rings. The SMILES string of the molecule is Cc1ccc(N)cc1-c1nnnn1CCCS(C)(=O)=O. The van der Waals surface area contributed by atoms with Crippen molar-refractivity contribution in [2.24, 2.45) is 0 Å². The van der Waals surface area contributed by atoms with Gasteiger partial charge < -0.3 is 5.73 Å². The molecular weight excluding hydrogens is 278 g/mol. The fourth-order valence-corrected chi connectivity index (χ4v) is 2.56. The topological polar surface area (TPSA) is 104 Å². The highest BCUT2D eigenvalue weighted by Crippen LogP contribution is 2.23. The number of rotatable bonds is 5. The van der Waals surface area contributed by atoms with Crippen molar-refractivity contribution >= 4 is 15.5 Å². The molecule has 0 radical (unpaired) electrons. The van der Waals surface area contributed by atoms with Gasteiger partial charge in [0.25, 0.3) is 0 Å². The molecule has 0 aliphatic heterocycles. The standard InChI is InChI=1S/C12H17N5O2S/c1-9-4-5-10(13)8-11(9)12-14-15-16-17(12)6-3-7-20(2,18)19/h4-5,8H,3,6-7,13H2,1-2H3. The largest absolute Gasteiger partial charge is 0.399 e. The van der Waals surface area contributed by atoms with E-state index in [1.807, 2.05) is 25.1 Å². The third kappa shape index (κ3) is 3.53. The second-order valence-corrected chi connectivity index (χ2v) is 7.04. The zero-order valence-electron chi connectivity index (χ0n) is 11.4. The van der Waals surface area contributed by atoms with Crippen LogP contribution in [-0.2, 0) is 16.4 Å². The summed E-state index contributed by atoms with van der Waals surface area (Å²) in [6.45, 7) is 2.40. The zero-order chi connectivity index (χ0) is 14.8. The molecule has 0 aliphatic carbocycles. The Morgan fingerprint density at radius 3 is 2.80 bits per heavy atom. The van der Waals surface area contributed by atoms with Gasteiger partial charge in [-0.05, 0) is 41.5 Å². The van der Waals surface area contributed by atoms with Crippen LogP contribution in [0, 0.1) is 6.92 Å². The number of hydrogen-bond donors (Lipinski definition) is 1. The monoisotopic (exact) mass is 295 g/mol. The zero-order valence-corrected chi connectivity index (χ0v) is 12.3. The van der Waals surface area contributed by atoms with E-state index in [4.69, 9.17) is 5.73 Å². The molecule has 2 N–H and O–H groups in total. The molecule has 7 nitrogen and oxygen atoms in total. The van der Waals surface area contributed by atoms with E-state index in [0.29, 0.717) is 24.5 Å². The second kappa shape index (κ2) is 5.58. The van der Waals surface area contributed by atoms with Gasteiger partial charge in [-0.2, -0.15) is 0 Å². The Hall–Kier alpha value is -1.96. The highest BCUT2D eigenvalue weighted by molar-refractivity contribution is 7.90. The van der Waals surface area contributed by atoms with Crippen molar-refractivity contribution in [3.63, 3.8) is 0 Å². The lowest BCUT2D eigenvalue weighted by Crippen LogP contribution is -2.10. The van der Waals surface area contributed by atoms with Crippen LogP contribution in [-0.4, -0.2) is 40.6 Å². The molecule has 0 amide bonds. The predicted molar refractivity (Wildman–Crippen MR) is 76.7 cm³/mol. The van der Waals surface area contributed by atoms with Gasteiger partial charge in [-0.15, -0.1) is 5.10 Å². The Kier molecular flexibility index (Phi) is 4.03. The van der Waals surface area contributed by atoms with Crippen molar-refractivity contribution in [1.29, 1.82) is 0 Å². The molecule has 1 heterocycles. The van der Waals surface area contributed by atoms with E-state index in [2.05, 4.69) is 15.5 Å². The lowest BCUT2D eigenvalue weighted by molar-refractivity contribution is 0.567. The van der Waals surface area contributed by atoms with Crippen LogP contribution in [0.2, 0.25) is 0 Å². The van der Waals surface area contributed by atoms with Gasteiger partial charge in [0.05, 0.1) is 5.75 Å². The molecule has 20 heavy (non-hydrogen) atoms. The molecule has 1 aromatic carbocycles. The molecule has 0 spiro atoms. The predicted octanol–water partition coefficient (Wildman–Crippen LogP) is 0.665. The van der Waals surface area contributed by atoms with E-state index in [0.717, 1.165) is 11.1 Å². The number of nitrogens with zero attached hydrogens (tertiary/aromatic N) is 4. The van der Waals surface area contributed by atoms with Gasteiger partial charge >= 0.3 is 0 Å². The Morgan fingerprint density at radius 1 is 1.35 bits per heavy atom. The molecular formula is C12H17N5O2S. The molecule has 1 aromatic heterocycles. The fraction of sp³-hybridized carbons (Fsp3) is 0.417. The summed E-state index contributed by atoms with van der Waals surface area (Å²) in [6, 6.07) is 5.53. The third-order valence-corrected chi connectivity index (χ3v) is 3.95. The molecule has 0 saturated heterocycles.